The summed E-state index contributed by atoms with van der Waals surface area (Å²) in [5, 5.41) is 12.1. The Labute approximate surface area is 158 Å². The lowest BCUT2D eigenvalue weighted by Crippen LogP contribution is -2.28. The van der Waals surface area contributed by atoms with Crippen LogP contribution >= 0.6 is 22.9 Å². The van der Waals surface area contributed by atoms with E-state index in [1.807, 2.05) is 23.6 Å². The summed E-state index contributed by atoms with van der Waals surface area (Å²) in [7, 11) is 0. The highest BCUT2D eigenvalue weighted by Crippen LogP contribution is 2.31. The summed E-state index contributed by atoms with van der Waals surface area (Å²) in [5.74, 6) is -0.723. The van der Waals surface area contributed by atoms with Crippen molar-refractivity contribution in [3.8, 4) is 5.75 Å². The molecule has 1 N–H and O–H groups in total. The predicted octanol–water partition coefficient (Wildman–Crippen LogP) is 4.53. The summed E-state index contributed by atoms with van der Waals surface area (Å²) in [5.41, 5.74) is 0.827. The van der Waals surface area contributed by atoms with Gasteiger partial charge >= 0.3 is 5.97 Å². The third kappa shape index (κ3) is 5.73. The molecule has 6 heteroatoms. The van der Waals surface area contributed by atoms with Gasteiger partial charge in [0.15, 0.2) is 0 Å². The average molecular weight is 382 g/mol. The molecule has 0 bridgehead atoms. The standard InChI is InChI=1S/C19H24ClNO3S/c1-3-21(4-2)9-10-24-17-8-7-15(20)12-14(17)13-16(19(22)23)18-6-5-11-25-18/h5-8,11-12,16H,3-4,9-10,13H2,1-2H3,(H,22,23). The van der Waals surface area contributed by atoms with E-state index in [2.05, 4.69) is 18.7 Å². The van der Waals surface area contributed by atoms with Crippen molar-refractivity contribution in [1.29, 1.82) is 0 Å². The molecule has 1 heterocycles. The fraction of sp³-hybridized carbons (Fsp3) is 0.421. The quantitative estimate of drug-likeness (QED) is 0.656. The first-order chi connectivity index (χ1) is 12.0. The Bertz CT molecular complexity index is 671. The van der Waals surface area contributed by atoms with Crippen molar-refractivity contribution >= 4 is 28.9 Å². The molecular formula is C19H24ClNO3S. The lowest BCUT2D eigenvalue weighted by molar-refractivity contribution is -0.138. The third-order valence-electron chi connectivity index (χ3n) is 4.19. The number of hydrogen-bond donors (Lipinski definition) is 1. The number of ether oxygens (including phenoxy) is 1. The molecule has 1 aromatic carbocycles. The molecule has 0 aliphatic rings. The van der Waals surface area contributed by atoms with Crippen LogP contribution in [0.25, 0.3) is 0 Å². The highest BCUT2D eigenvalue weighted by atomic mass is 35.5. The van der Waals surface area contributed by atoms with Crippen molar-refractivity contribution in [1.82, 2.24) is 4.90 Å². The van der Waals surface area contributed by atoms with Crippen LogP contribution in [0.15, 0.2) is 35.7 Å². The number of halogens is 1. The van der Waals surface area contributed by atoms with E-state index in [9.17, 15) is 9.90 Å². The number of benzene rings is 1. The van der Waals surface area contributed by atoms with Crippen molar-refractivity contribution in [3.05, 3.63) is 51.2 Å². The van der Waals surface area contributed by atoms with Crippen LogP contribution in [0.4, 0.5) is 0 Å². The Morgan fingerprint density at radius 2 is 2.08 bits per heavy atom. The van der Waals surface area contributed by atoms with E-state index in [1.165, 1.54) is 11.3 Å². The maximum Gasteiger partial charge on any atom is 0.312 e. The number of nitrogens with zero attached hydrogens (tertiary/aromatic N) is 1. The Morgan fingerprint density at radius 1 is 1.32 bits per heavy atom. The van der Waals surface area contributed by atoms with E-state index < -0.39 is 11.9 Å². The van der Waals surface area contributed by atoms with Crippen molar-refractivity contribution in [3.63, 3.8) is 0 Å². The Kier molecular flexibility index (Phi) is 7.75. The minimum absolute atomic E-state index is 0.358. The molecule has 0 aliphatic carbocycles. The summed E-state index contributed by atoms with van der Waals surface area (Å²) in [6.07, 6.45) is 0.358. The van der Waals surface area contributed by atoms with Crippen molar-refractivity contribution in [2.45, 2.75) is 26.2 Å². The second-order valence-corrected chi connectivity index (χ2v) is 7.15. The van der Waals surface area contributed by atoms with Gasteiger partial charge in [-0.05, 0) is 54.7 Å². The number of carboxylic acid groups (broad SMARTS) is 1. The van der Waals surface area contributed by atoms with E-state index in [4.69, 9.17) is 16.3 Å². The normalized spacial score (nSPS) is 12.3. The molecule has 0 aliphatic heterocycles. The van der Waals surface area contributed by atoms with Gasteiger partial charge in [0, 0.05) is 16.4 Å². The monoisotopic (exact) mass is 381 g/mol. The van der Waals surface area contributed by atoms with Crippen molar-refractivity contribution < 1.29 is 14.6 Å². The van der Waals surface area contributed by atoms with Gasteiger partial charge in [0.05, 0.1) is 5.92 Å². The van der Waals surface area contributed by atoms with Crippen LogP contribution in [0.2, 0.25) is 5.02 Å². The van der Waals surface area contributed by atoms with Gasteiger partial charge in [-0.1, -0.05) is 31.5 Å². The van der Waals surface area contributed by atoms with Crippen LogP contribution < -0.4 is 4.74 Å². The van der Waals surface area contributed by atoms with Crippen molar-refractivity contribution in [2.75, 3.05) is 26.2 Å². The fourth-order valence-corrected chi connectivity index (χ4v) is 3.71. The molecule has 0 saturated heterocycles. The Balaban J connectivity index is 2.13. The van der Waals surface area contributed by atoms with Crippen LogP contribution in [-0.2, 0) is 11.2 Å². The molecule has 0 spiro atoms. The van der Waals surface area contributed by atoms with Gasteiger partial charge < -0.3 is 14.7 Å². The number of hydrogen-bond acceptors (Lipinski definition) is 4. The summed E-state index contributed by atoms with van der Waals surface area (Å²) in [6, 6.07) is 9.13. The summed E-state index contributed by atoms with van der Waals surface area (Å²) < 4.78 is 5.93. The van der Waals surface area contributed by atoms with Crippen LogP contribution in [0.5, 0.6) is 5.75 Å². The van der Waals surface area contributed by atoms with E-state index in [0.717, 1.165) is 30.1 Å². The molecular weight excluding hydrogens is 358 g/mol. The van der Waals surface area contributed by atoms with E-state index in [1.54, 1.807) is 12.1 Å². The lowest BCUT2D eigenvalue weighted by Gasteiger charge is -2.20. The topological polar surface area (TPSA) is 49.8 Å². The highest BCUT2D eigenvalue weighted by Gasteiger charge is 2.23. The minimum Gasteiger partial charge on any atom is -0.492 e. The SMILES string of the molecule is CCN(CC)CCOc1ccc(Cl)cc1CC(C(=O)O)c1cccs1. The fourth-order valence-electron chi connectivity index (χ4n) is 2.69. The van der Waals surface area contributed by atoms with E-state index >= 15 is 0 Å². The molecule has 2 aromatic rings. The molecule has 0 saturated carbocycles. The number of rotatable bonds is 10. The minimum atomic E-state index is -0.837. The van der Waals surface area contributed by atoms with E-state index in [0.29, 0.717) is 23.8 Å². The molecule has 0 amide bonds. The second kappa shape index (κ2) is 9.80. The summed E-state index contributed by atoms with van der Waals surface area (Å²) >= 11 is 7.58. The molecule has 25 heavy (non-hydrogen) atoms. The van der Waals surface area contributed by atoms with Gasteiger partial charge in [0.25, 0.3) is 0 Å². The van der Waals surface area contributed by atoms with Gasteiger partial charge in [-0.2, -0.15) is 0 Å². The molecule has 1 unspecified atom stereocenters. The molecule has 0 radical (unpaired) electrons. The molecule has 136 valence electrons. The zero-order valence-corrected chi connectivity index (χ0v) is 16.1. The first-order valence-corrected chi connectivity index (χ1v) is 9.70. The Hall–Kier alpha value is -1.56. The highest BCUT2D eigenvalue weighted by molar-refractivity contribution is 7.10. The number of carbonyl (C=O) groups is 1. The first kappa shape index (κ1) is 19.8. The number of carboxylic acids is 1. The number of likely N-dealkylation sites (N-methyl/N-ethyl adjacent to an activating group) is 1. The maximum atomic E-state index is 11.7. The zero-order chi connectivity index (χ0) is 18.2. The smallest absolute Gasteiger partial charge is 0.312 e. The van der Waals surface area contributed by atoms with E-state index in [-0.39, 0.29) is 0 Å². The van der Waals surface area contributed by atoms with Gasteiger partial charge in [0.1, 0.15) is 12.4 Å². The van der Waals surface area contributed by atoms with Gasteiger partial charge in [-0.15, -0.1) is 11.3 Å². The van der Waals surface area contributed by atoms with Crippen LogP contribution in [0, 0.1) is 0 Å². The van der Waals surface area contributed by atoms with Crippen LogP contribution in [0.3, 0.4) is 0 Å². The summed E-state index contributed by atoms with van der Waals surface area (Å²) in [4.78, 5) is 14.8. The second-order valence-electron chi connectivity index (χ2n) is 5.74. The third-order valence-corrected chi connectivity index (χ3v) is 5.41. The zero-order valence-electron chi connectivity index (χ0n) is 14.6. The molecule has 2 rings (SSSR count). The van der Waals surface area contributed by atoms with Crippen LogP contribution in [0.1, 0.15) is 30.2 Å². The predicted molar refractivity (Wildman–Crippen MR) is 103 cm³/mol. The van der Waals surface area contributed by atoms with Gasteiger partial charge in [-0.25, -0.2) is 0 Å². The van der Waals surface area contributed by atoms with Crippen LogP contribution in [-0.4, -0.2) is 42.2 Å². The largest absolute Gasteiger partial charge is 0.492 e. The average Bonchev–Trinajstić information content (AvgIpc) is 3.12. The number of thiophene rings is 1. The molecule has 1 atom stereocenters. The first-order valence-electron chi connectivity index (χ1n) is 8.44. The molecule has 0 fully saturated rings. The molecule has 4 nitrogen and oxygen atoms in total. The Morgan fingerprint density at radius 3 is 2.68 bits per heavy atom. The maximum absolute atomic E-state index is 11.7. The summed E-state index contributed by atoms with van der Waals surface area (Å²) in [6.45, 7) is 7.60. The van der Waals surface area contributed by atoms with Crippen molar-refractivity contribution in [2.24, 2.45) is 0 Å². The van der Waals surface area contributed by atoms with Gasteiger partial charge in [-0.3, -0.25) is 4.79 Å². The molecule has 1 aromatic heterocycles. The number of aliphatic carboxylic acids is 1. The van der Waals surface area contributed by atoms with Gasteiger partial charge in [0.2, 0.25) is 0 Å². The lowest BCUT2D eigenvalue weighted by atomic mass is 9.97.